The summed E-state index contributed by atoms with van der Waals surface area (Å²) in [6.07, 6.45) is 13.0. The lowest BCUT2D eigenvalue weighted by Crippen LogP contribution is -2.17. The normalized spacial score (nSPS) is 11.7. The first kappa shape index (κ1) is 18.3. The highest BCUT2D eigenvalue weighted by Crippen LogP contribution is 2.26. The quantitative estimate of drug-likeness (QED) is 0.482. The van der Waals surface area contributed by atoms with E-state index < -0.39 is 6.04 Å². The Labute approximate surface area is 161 Å². The lowest BCUT2D eigenvalue weighted by molar-refractivity contribution is 0.146. The zero-order chi connectivity index (χ0) is 19.5. The molecule has 4 aromatic heterocycles. The molecule has 0 atom stereocenters. The van der Waals surface area contributed by atoms with Crippen LogP contribution in [0.4, 0.5) is 0 Å². The number of aromatic nitrogens is 7. The molecule has 0 aromatic carbocycles. The van der Waals surface area contributed by atoms with Crippen molar-refractivity contribution in [1.29, 1.82) is 0 Å². The van der Waals surface area contributed by atoms with Crippen molar-refractivity contribution < 1.29 is 10.2 Å². The molecule has 0 saturated heterocycles. The zero-order valence-corrected chi connectivity index (χ0v) is 15.7. The molecule has 4 rings (SSSR count). The topological polar surface area (TPSA) is 106 Å². The molecule has 0 aliphatic carbocycles. The van der Waals surface area contributed by atoms with Gasteiger partial charge >= 0.3 is 0 Å². The third-order valence-electron chi connectivity index (χ3n) is 4.73. The summed E-state index contributed by atoms with van der Waals surface area (Å²) in [5.74, 6) is 0. The van der Waals surface area contributed by atoms with E-state index in [0.29, 0.717) is 5.69 Å². The standard InChI is InChI=1S/C19H23N7O2/c1-2-3-6-24-9-15(8-21-24)19-18-4-5-20-26(18)11-17(23-19)14-7-22-25(10-14)16(12-27)13-28/h4-5,7-11,16,27-28H,2-3,6,12-13H2,1H3. The predicted molar refractivity (Wildman–Crippen MR) is 104 cm³/mol. The van der Waals surface area contributed by atoms with Gasteiger partial charge in [0, 0.05) is 30.1 Å². The molecule has 0 fully saturated rings. The zero-order valence-electron chi connectivity index (χ0n) is 15.7. The highest BCUT2D eigenvalue weighted by molar-refractivity contribution is 5.78. The Balaban J connectivity index is 1.74. The van der Waals surface area contributed by atoms with E-state index in [1.54, 1.807) is 27.8 Å². The average molecular weight is 381 g/mol. The van der Waals surface area contributed by atoms with Crippen molar-refractivity contribution in [2.75, 3.05) is 13.2 Å². The molecule has 0 radical (unpaired) electrons. The lowest BCUT2D eigenvalue weighted by atomic mass is 10.2. The number of aliphatic hydroxyl groups excluding tert-OH is 2. The molecular formula is C19H23N7O2. The molecular weight excluding hydrogens is 358 g/mol. The van der Waals surface area contributed by atoms with Crippen molar-refractivity contribution in [2.45, 2.75) is 32.4 Å². The van der Waals surface area contributed by atoms with E-state index in [9.17, 15) is 10.2 Å². The van der Waals surface area contributed by atoms with Crippen LogP contribution in [0.1, 0.15) is 25.8 Å². The SMILES string of the molecule is CCCCn1cc(-c2nc(-c3cnn(C(CO)CO)c3)cn3nccc23)cn1. The van der Waals surface area contributed by atoms with Gasteiger partial charge in [0.25, 0.3) is 0 Å². The molecule has 0 bridgehead atoms. The summed E-state index contributed by atoms with van der Waals surface area (Å²) in [7, 11) is 0. The van der Waals surface area contributed by atoms with Crippen LogP contribution in [-0.2, 0) is 6.54 Å². The number of aliphatic hydroxyl groups is 2. The second-order valence-electron chi connectivity index (χ2n) is 6.71. The van der Waals surface area contributed by atoms with Gasteiger partial charge in [0.05, 0.1) is 60.9 Å². The van der Waals surface area contributed by atoms with Gasteiger partial charge in [-0.15, -0.1) is 0 Å². The van der Waals surface area contributed by atoms with Gasteiger partial charge in [-0.3, -0.25) is 9.36 Å². The van der Waals surface area contributed by atoms with Gasteiger partial charge in [-0.2, -0.15) is 15.3 Å². The van der Waals surface area contributed by atoms with Gasteiger partial charge in [0.15, 0.2) is 0 Å². The Morgan fingerprint density at radius 1 is 1.00 bits per heavy atom. The molecule has 0 aliphatic heterocycles. The van der Waals surface area contributed by atoms with E-state index in [-0.39, 0.29) is 13.2 Å². The molecule has 0 saturated carbocycles. The number of hydrogen-bond acceptors (Lipinski definition) is 6. The van der Waals surface area contributed by atoms with Gasteiger partial charge in [0.1, 0.15) is 0 Å². The Kier molecular flexibility index (Phi) is 5.18. The van der Waals surface area contributed by atoms with Crippen molar-refractivity contribution >= 4 is 5.52 Å². The van der Waals surface area contributed by atoms with Crippen LogP contribution in [0, 0.1) is 0 Å². The first-order valence-corrected chi connectivity index (χ1v) is 9.37. The number of fused-ring (bicyclic) bond motifs is 1. The van der Waals surface area contributed by atoms with Crippen molar-refractivity contribution in [1.82, 2.24) is 34.2 Å². The van der Waals surface area contributed by atoms with E-state index in [1.807, 2.05) is 29.3 Å². The van der Waals surface area contributed by atoms with Gasteiger partial charge in [-0.05, 0) is 12.5 Å². The van der Waals surface area contributed by atoms with Crippen LogP contribution in [0.2, 0.25) is 0 Å². The highest BCUT2D eigenvalue weighted by atomic mass is 16.3. The summed E-state index contributed by atoms with van der Waals surface area (Å²) >= 11 is 0. The minimum absolute atomic E-state index is 0.189. The lowest BCUT2D eigenvalue weighted by Gasteiger charge is -2.10. The van der Waals surface area contributed by atoms with Crippen LogP contribution < -0.4 is 0 Å². The largest absolute Gasteiger partial charge is 0.394 e. The third kappa shape index (κ3) is 3.41. The monoisotopic (exact) mass is 381 g/mol. The maximum absolute atomic E-state index is 9.37. The summed E-state index contributed by atoms with van der Waals surface area (Å²) in [5, 5.41) is 31.8. The Morgan fingerprint density at radius 3 is 2.61 bits per heavy atom. The van der Waals surface area contributed by atoms with Crippen molar-refractivity contribution in [2.24, 2.45) is 0 Å². The number of rotatable bonds is 8. The van der Waals surface area contributed by atoms with Crippen LogP contribution in [0.25, 0.3) is 28.0 Å². The third-order valence-corrected chi connectivity index (χ3v) is 4.73. The molecule has 0 spiro atoms. The van der Waals surface area contributed by atoms with Crippen LogP contribution in [0.15, 0.2) is 43.2 Å². The maximum atomic E-state index is 9.37. The van der Waals surface area contributed by atoms with Crippen LogP contribution in [0.3, 0.4) is 0 Å². The van der Waals surface area contributed by atoms with E-state index >= 15 is 0 Å². The molecule has 4 aromatic rings. The minimum atomic E-state index is -0.474. The summed E-state index contributed by atoms with van der Waals surface area (Å²) in [6, 6.07) is 1.45. The first-order valence-electron chi connectivity index (χ1n) is 9.37. The van der Waals surface area contributed by atoms with E-state index in [4.69, 9.17) is 4.98 Å². The number of hydrogen-bond donors (Lipinski definition) is 2. The van der Waals surface area contributed by atoms with Crippen LogP contribution >= 0.6 is 0 Å². The number of nitrogens with zero attached hydrogens (tertiary/aromatic N) is 7. The molecule has 2 N–H and O–H groups in total. The molecule has 146 valence electrons. The van der Waals surface area contributed by atoms with Crippen molar-refractivity contribution in [3.63, 3.8) is 0 Å². The minimum Gasteiger partial charge on any atom is -0.394 e. The second-order valence-corrected chi connectivity index (χ2v) is 6.71. The first-order chi connectivity index (χ1) is 13.7. The number of unbranched alkanes of at least 4 members (excludes halogenated alkanes) is 1. The fourth-order valence-electron chi connectivity index (χ4n) is 3.10. The smallest absolute Gasteiger partial charge is 0.0999 e. The highest BCUT2D eigenvalue weighted by Gasteiger charge is 2.15. The molecule has 0 unspecified atom stereocenters. The summed E-state index contributed by atoms with van der Waals surface area (Å²) in [4.78, 5) is 4.84. The summed E-state index contributed by atoms with van der Waals surface area (Å²) in [6.45, 7) is 2.66. The van der Waals surface area contributed by atoms with Gasteiger partial charge in [-0.25, -0.2) is 9.50 Å². The van der Waals surface area contributed by atoms with E-state index in [0.717, 1.165) is 41.7 Å². The summed E-state index contributed by atoms with van der Waals surface area (Å²) in [5.41, 5.74) is 4.11. The molecule has 9 heteroatoms. The van der Waals surface area contributed by atoms with Crippen LogP contribution in [-0.4, -0.2) is 57.6 Å². The second kappa shape index (κ2) is 7.91. The van der Waals surface area contributed by atoms with E-state index in [1.165, 1.54) is 0 Å². The molecule has 4 heterocycles. The predicted octanol–water partition coefficient (Wildman–Crippen LogP) is 1.78. The molecule has 9 nitrogen and oxygen atoms in total. The number of aryl methyl sites for hydroxylation is 1. The van der Waals surface area contributed by atoms with Gasteiger partial charge in [-0.1, -0.05) is 13.3 Å². The summed E-state index contributed by atoms with van der Waals surface area (Å²) < 4.78 is 5.27. The Morgan fingerprint density at radius 2 is 1.82 bits per heavy atom. The van der Waals surface area contributed by atoms with Gasteiger partial charge < -0.3 is 10.2 Å². The Bertz CT molecular complexity index is 1060. The van der Waals surface area contributed by atoms with Crippen molar-refractivity contribution in [3.05, 3.63) is 43.2 Å². The fraction of sp³-hybridized carbons (Fsp3) is 0.368. The van der Waals surface area contributed by atoms with Crippen molar-refractivity contribution in [3.8, 4) is 22.5 Å². The molecule has 0 aliphatic rings. The molecule has 28 heavy (non-hydrogen) atoms. The average Bonchev–Trinajstić information content (AvgIpc) is 3.46. The Hall–Kier alpha value is -3.04. The molecule has 0 amide bonds. The van der Waals surface area contributed by atoms with E-state index in [2.05, 4.69) is 22.2 Å². The fourth-order valence-corrected chi connectivity index (χ4v) is 3.10. The van der Waals surface area contributed by atoms with Gasteiger partial charge in [0.2, 0.25) is 0 Å². The maximum Gasteiger partial charge on any atom is 0.0999 e. The van der Waals surface area contributed by atoms with Crippen LogP contribution in [0.5, 0.6) is 0 Å².